The van der Waals surface area contributed by atoms with Crippen LogP contribution in [0.2, 0.25) is 0 Å². The number of rotatable bonds is 6. The first-order chi connectivity index (χ1) is 8.02. The van der Waals surface area contributed by atoms with Crippen molar-refractivity contribution in [3.8, 4) is 0 Å². The Hall–Kier alpha value is -0.120. The van der Waals surface area contributed by atoms with E-state index in [9.17, 15) is 5.11 Å². The average molecular weight is 242 g/mol. The van der Waals surface area contributed by atoms with E-state index in [-0.39, 0.29) is 0 Å². The predicted octanol–water partition coefficient (Wildman–Crippen LogP) is 2.13. The summed E-state index contributed by atoms with van der Waals surface area (Å²) in [6.07, 6.45) is 6.64. The van der Waals surface area contributed by atoms with E-state index in [1.807, 2.05) is 6.92 Å². The molecule has 17 heavy (non-hydrogen) atoms. The molecule has 3 N–H and O–H groups in total. The Balaban J connectivity index is 2.34. The second-order valence-electron chi connectivity index (χ2n) is 5.75. The van der Waals surface area contributed by atoms with Crippen molar-refractivity contribution in [1.29, 1.82) is 0 Å². The van der Waals surface area contributed by atoms with Crippen molar-refractivity contribution in [2.45, 2.75) is 77.0 Å². The summed E-state index contributed by atoms with van der Waals surface area (Å²) >= 11 is 0. The van der Waals surface area contributed by atoms with Gasteiger partial charge in [0.1, 0.15) is 0 Å². The second-order valence-corrected chi connectivity index (χ2v) is 5.75. The lowest BCUT2D eigenvalue weighted by Crippen LogP contribution is -2.45. The maximum Gasteiger partial charge on any atom is 0.0767 e. The highest BCUT2D eigenvalue weighted by Gasteiger charge is 2.26. The van der Waals surface area contributed by atoms with E-state index in [4.69, 9.17) is 5.73 Å². The van der Waals surface area contributed by atoms with Gasteiger partial charge in [0.05, 0.1) is 5.60 Å². The lowest BCUT2D eigenvalue weighted by Gasteiger charge is -2.39. The third-order valence-electron chi connectivity index (χ3n) is 4.47. The number of hydrogen-bond donors (Lipinski definition) is 2. The number of piperidine rings is 1. The van der Waals surface area contributed by atoms with Gasteiger partial charge in [0.15, 0.2) is 0 Å². The third-order valence-corrected chi connectivity index (χ3v) is 4.47. The fraction of sp³-hybridized carbons (Fsp3) is 1.00. The van der Waals surface area contributed by atoms with Crippen LogP contribution in [0.25, 0.3) is 0 Å². The molecule has 102 valence electrons. The molecule has 0 aromatic rings. The summed E-state index contributed by atoms with van der Waals surface area (Å²) in [5.41, 5.74) is 4.99. The highest BCUT2D eigenvalue weighted by Crippen LogP contribution is 2.24. The first kappa shape index (κ1) is 14.9. The van der Waals surface area contributed by atoms with Crippen LogP contribution in [0.15, 0.2) is 0 Å². The van der Waals surface area contributed by atoms with Crippen molar-refractivity contribution in [1.82, 2.24) is 4.90 Å². The van der Waals surface area contributed by atoms with E-state index in [2.05, 4.69) is 18.7 Å². The smallest absolute Gasteiger partial charge is 0.0767 e. The van der Waals surface area contributed by atoms with Gasteiger partial charge in [-0.15, -0.1) is 0 Å². The fourth-order valence-corrected chi connectivity index (χ4v) is 2.93. The second kappa shape index (κ2) is 6.72. The summed E-state index contributed by atoms with van der Waals surface area (Å²) in [5, 5.41) is 10.1. The maximum absolute atomic E-state index is 10.1. The molecule has 0 saturated carbocycles. The first-order valence-corrected chi connectivity index (χ1v) is 7.20. The summed E-state index contributed by atoms with van der Waals surface area (Å²) in [4.78, 5) is 2.59. The summed E-state index contributed by atoms with van der Waals surface area (Å²) in [6, 6.07) is 1.40. The average Bonchev–Trinajstić information content (AvgIpc) is 2.32. The van der Waals surface area contributed by atoms with Crippen LogP contribution < -0.4 is 5.73 Å². The Labute approximate surface area is 106 Å². The number of nitrogens with zero attached hydrogens (tertiary/aromatic N) is 1. The van der Waals surface area contributed by atoms with Gasteiger partial charge in [0.2, 0.25) is 0 Å². The molecule has 1 unspecified atom stereocenters. The largest absolute Gasteiger partial charge is 0.389 e. The van der Waals surface area contributed by atoms with Crippen molar-refractivity contribution in [2.24, 2.45) is 5.73 Å². The third kappa shape index (κ3) is 4.23. The zero-order chi connectivity index (χ0) is 12.9. The maximum atomic E-state index is 10.1. The lowest BCUT2D eigenvalue weighted by molar-refractivity contribution is 0.0252. The molecule has 3 heteroatoms. The molecule has 0 radical (unpaired) electrons. The molecule has 0 bridgehead atoms. The van der Waals surface area contributed by atoms with Gasteiger partial charge in [0, 0.05) is 18.6 Å². The molecule has 1 aliphatic rings. The normalized spacial score (nSPS) is 30.2. The quantitative estimate of drug-likeness (QED) is 0.750. The van der Waals surface area contributed by atoms with Crippen molar-refractivity contribution in [3.05, 3.63) is 0 Å². The Morgan fingerprint density at radius 3 is 2.35 bits per heavy atom. The highest BCUT2D eigenvalue weighted by atomic mass is 16.3. The zero-order valence-corrected chi connectivity index (χ0v) is 11.8. The lowest BCUT2D eigenvalue weighted by atomic mass is 9.93. The molecule has 3 nitrogen and oxygen atoms in total. The topological polar surface area (TPSA) is 49.5 Å². The molecule has 0 aliphatic carbocycles. The molecule has 0 aromatic carbocycles. The van der Waals surface area contributed by atoms with Crippen LogP contribution in [0, 0.1) is 0 Å². The Bertz CT molecular complexity index is 206. The van der Waals surface area contributed by atoms with Crippen LogP contribution in [0.5, 0.6) is 0 Å². The van der Waals surface area contributed by atoms with Gasteiger partial charge >= 0.3 is 0 Å². The first-order valence-electron chi connectivity index (χ1n) is 7.20. The van der Waals surface area contributed by atoms with Gasteiger partial charge in [-0.05, 0) is 52.5 Å². The molecule has 1 heterocycles. The van der Waals surface area contributed by atoms with Crippen LogP contribution in [0.4, 0.5) is 0 Å². The summed E-state index contributed by atoms with van der Waals surface area (Å²) in [7, 11) is 0. The van der Waals surface area contributed by atoms with Gasteiger partial charge in [0.25, 0.3) is 0 Å². The standard InChI is InChI=1S/C14H30N2O/c1-4-14(17,11-15)9-6-10-16-12(2)7-5-8-13(16)3/h12-13,17H,4-11,15H2,1-3H3/t12-,13+,14?. The molecule has 0 amide bonds. The van der Waals surface area contributed by atoms with Crippen molar-refractivity contribution < 1.29 is 5.11 Å². The summed E-state index contributed by atoms with van der Waals surface area (Å²) in [5.74, 6) is 0. The van der Waals surface area contributed by atoms with Crippen LogP contribution in [0.3, 0.4) is 0 Å². The SMILES string of the molecule is CCC(O)(CN)CCCN1[C@H](C)CCC[C@@H]1C. The number of hydrogen-bond acceptors (Lipinski definition) is 3. The molecule has 1 aliphatic heterocycles. The minimum Gasteiger partial charge on any atom is -0.389 e. The van der Waals surface area contributed by atoms with Gasteiger partial charge < -0.3 is 10.8 Å². The van der Waals surface area contributed by atoms with Crippen molar-refractivity contribution >= 4 is 0 Å². The molecule has 0 spiro atoms. The van der Waals surface area contributed by atoms with Gasteiger partial charge in [-0.2, -0.15) is 0 Å². The monoisotopic (exact) mass is 242 g/mol. The van der Waals surface area contributed by atoms with E-state index in [0.717, 1.165) is 25.8 Å². The van der Waals surface area contributed by atoms with Crippen molar-refractivity contribution in [3.63, 3.8) is 0 Å². The number of aliphatic hydroxyl groups is 1. The van der Waals surface area contributed by atoms with Gasteiger partial charge in [-0.3, -0.25) is 4.90 Å². The molecular weight excluding hydrogens is 212 g/mol. The van der Waals surface area contributed by atoms with Crippen LogP contribution in [0.1, 0.15) is 59.3 Å². The molecule has 1 fully saturated rings. The van der Waals surface area contributed by atoms with E-state index < -0.39 is 5.60 Å². The Morgan fingerprint density at radius 1 is 1.29 bits per heavy atom. The van der Waals surface area contributed by atoms with Crippen LogP contribution >= 0.6 is 0 Å². The Kier molecular flexibility index (Phi) is 5.90. The number of nitrogens with two attached hydrogens (primary N) is 1. The minimum atomic E-state index is -0.637. The van der Waals surface area contributed by atoms with Gasteiger partial charge in [-0.1, -0.05) is 13.3 Å². The van der Waals surface area contributed by atoms with E-state index >= 15 is 0 Å². The van der Waals surface area contributed by atoms with E-state index in [1.165, 1.54) is 19.3 Å². The molecule has 3 atom stereocenters. The van der Waals surface area contributed by atoms with E-state index in [1.54, 1.807) is 0 Å². The van der Waals surface area contributed by atoms with Crippen LogP contribution in [-0.4, -0.2) is 40.8 Å². The molecule has 0 aromatic heterocycles. The van der Waals surface area contributed by atoms with Gasteiger partial charge in [-0.25, -0.2) is 0 Å². The van der Waals surface area contributed by atoms with E-state index in [0.29, 0.717) is 18.6 Å². The van der Waals surface area contributed by atoms with Crippen molar-refractivity contribution in [2.75, 3.05) is 13.1 Å². The molecular formula is C14H30N2O. The summed E-state index contributed by atoms with van der Waals surface area (Å²) < 4.78 is 0. The molecule has 1 saturated heterocycles. The fourth-order valence-electron chi connectivity index (χ4n) is 2.93. The molecule has 1 rings (SSSR count). The minimum absolute atomic E-state index is 0.384. The number of likely N-dealkylation sites (tertiary alicyclic amines) is 1. The predicted molar refractivity (Wildman–Crippen MR) is 73.0 cm³/mol. The zero-order valence-electron chi connectivity index (χ0n) is 11.8. The highest BCUT2D eigenvalue weighted by molar-refractivity contribution is 4.82. The summed E-state index contributed by atoms with van der Waals surface area (Å²) in [6.45, 7) is 8.15. The Morgan fingerprint density at radius 2 is 1.88 bits per heavy atom. The van der Waals surface area contributed by atoms with Crippen LogP contribution in [-0.2, 0) is 0 Å².